The van der Waals surface area contributed by atoms with Gasteiger partial charge in [0.05, 0.1) is 17.6 Å². The molecule has 0 amide bonds. The molecule has 1 aromatic heterocycles. The number of benzene rings is 1. The van der Waals surface area contributed by atoms with Crippen molar-refractivity contribution in [1.29, 1.82) is 0 Å². The Kier molecular flexibility index (Phi) is 4.17. The predicted octanol–water partition coefficient (Wildman–Crippen LogP) is 3.05. The zero-order valence-electron chi connectivity index (χ0n) is 11.8. The highest BCUT2D eigenvalue weighted by molar-refractivity contribution is 5.44. The predicted molar refractivity (Wildman–Crippen MR) is 80.1 cm³/mol. The third-order valence-corrected chi connectivity index (χ3v) is 3.18. The molecular weight excluding hydrogens is 234 g/mol. The normalized spacial score (nSPS) is 12.2. The molecule has 0 aliphatic heterocycles. The van der Waals surface area contributed by atoms with Gasteiger partial charge in [-0.15, -0.1) is 0 Å². The monoisotopic (exact) mass is 255 g/mol. The van der Waals surface area contributed by atoms with Crippen molar-refractivity contribution in [3.63, 3.8) is 0 Å². The second-order valence-corrected chi connectivity index (χ2v) is 5.08. The van der Waals surface area contributed by atoms with Gasteiger partial charge in [0.25, 0.3) is 0 Å². The first-order valence-corrected chi connectivity index (χ1v) is 6.54. The van der Waals surface area contributed by atoms with E-state index in [9.17, 15) is 0 Å². The van der Waals surface area contributed by atoms with Crippen molar-refractivity contribution < 1.29 is 0 Å². The van der Waals surface area contributed by atoms with Crippen LogP contribution in [0.2, 0.25) is 0 Å². The molecule has 0 radical (unpaired) electrons. The summed E-state index contributed by atoms with van der Waals surface area (Å²) in [6, 6.07) is 12.6. The third kappa shape index (κ3) is 3.55. The summed E-state index contributed by atoms with van der Waals surface area (Å²) in [6.07, 6.45) is 1.88. The smallest absolute Gasteiger partial charge is 0.0569 e. The van der Waals surface area contributed by atoms with E-state index in [0.29, 0.717) is 0 Å². The zero-order chi connectivity index (χ0) is 13.8. The summed E-state index contributed by atoms with van der Waals surface area (Å²) in [5, 5.41) is 0. The van der Waals surface area contributed by atoms with Crippen molar-refractivity contribution in [2.45, 2.75) is 26.4 Å². The Hall–Kier alpha value is -1.87. The standard InChI is InChI=1S/C16H21N3/c1-12-5-4-6-14(9-12)11-19(3)15-7-8-16(13(2)17)18-10-15/h4-10,13H,11,17H2,1-3H3/t13-/m0/s1. The lowest BCUT2D eigenvalue weighted by Gasteiger charge is -2.19. The van der Waals surface area contributed by atoms with E-state index in [1.165, 1.54) is 11.1 Å². The Morgan fingerprint density at radius 2 is 2.05 bits per heavy atom. The van der Waals surface area contributed by atoms with Crippen LogP contribution in [-0.2, 0) is 6.54 Å². The number of hydrogen-bond donors (Lipinski definition) is 1. The summed E-state index contributed by atoms with van der Waals surface area (Å²) in [6.45, 7) is 4.93. The molecule has 0 saturated heterocycles. The van der Waals surface area contributed by atoms with Crippen LogP contribution in [-0.4, -0.2) is 12.0 Å². The first kappa shape index (κ1) is 13.6. The molecule has 0 spiro atoms. The second-order valence-electron chi connectivity index (χ2n) is 5.08. The van der Waals surface area contributed by atoms with Crippen LogP contribution in [0.25, 0.3) is 0 Å². The average molecular weight is 255 g/mol. The van der Waals surface area contributed by atoms with Gasteiger partial charge in [0.2, 0.25) is 0 Å². The van der Waals surface area contributed by atoms with Gasteiger partial charge in [0.15, 0.2) is 0 Å². The Balaban J connectivity index is 2.09. The molecular formula is C16H21N3. The highest BCUT2D eigenvalue weighted by Gasteiger charge is 2.05. The lowest BCUT2D eigenvalue weighted by Crippen LogP contribution is -2.17. The number of nitrogens with zero attached hydrogens (tertiary/aromatic N) is 2. The number of anilines is 1. The topological polar surface area (TPSA) is 42.1 Å². The van der Waals surface area contributed by atoms with Crippen molar-refractivity contribution in [2.75, 3.05) is 11.9 Å². The summed E-state index contributed by atoms with van der Waals surface area (Å²) in [7, 11) is 2.07. The summed E-state index contributed by atoms with van der Waals surface area (Å²) < 4.78 is 0. The summed E-state index contributed by atoms with van der Waals surface area (Å²) in [4.78, 5) is 6.58. The molecule has 0 saturated carbocycles. The minimum absolute atomic E-state index is 0.0175. The minimum atomic E-state index is -0.0175. The van der Waals surface area contributed by atoms with Gasteiger partial charge < -0.3 is 10.6 Å². The molecule has 0 unspecified atom stereocenters. The van der Waals surface area contributed by atoms with Crippen LogP contribution in [0, 0.1) is 6.92 Å². The molecule has 0 bridgehead atoms. The number of aromatic nitrogens is 1. The van der Waals surface area contributed by atoms with Crippen molar-refractivity contribution in [1.82, 2.24) is 4.98 Å². The van der Waals surface area contributed by atoms with Crippen molar-refractivity contribution in [2.24, 2.45) is 5.73 Å². The molecule has 0 aliphatic rings. The van der Waals surface area contributed by atoms with Crippen LogP contribution in [0.4, 0.5) is 5.69 Å². The second kappa shape index (κ2) is 5.85. The first-order valence-electron chi connectivity index (χ1n) is 6.54. The summed E-state index contributed by atoms with van der Waals surface area (Å²) in [5.41, 5.74) is 10.4. The fourth-order valence-corrected chi connectivity index (χ4v) is 2.07. The quantitative estimate of drug-likeness (QED) is 0.913. The SMILES string of the molecule is Cc1cccc(CN(C)c2ccc([C@H](C)N)nc2)c1. The van der Waals surface area contributed by atoms with E-state index < -0.39 is 0 Å². The fourth-order valence-electron chi connectivity index (χ4n) is 2.07. The molecule has 100 valence electrons. The van der Waals surface area contributed by atoms with Crippen molar-refractivity contribution in [3.05, 3.63) is 59.4 Å². The van der Waals surface area contributed by atoms with E-state index in [-0.39, 0.29) is 6.04 Å². The van der Waals surface area contributed by atoms with Crippen LogP contribution < -0.4 is 10.6 Å². The van der Waals surface area contributed by atoms with Crippen LogP contribution in [0.1, 0.15) is 29.8 Å². The van der Waals surface area contributed by atoms with Gasteiger partial charge in [0.1, 0.15) is 0 Å². The number of hydrogen-bond acceptors (Lipinski definition) is 3. The molecule has 3 heteroatoms. The number of rotatable bonds is 4. The van der Waals surface area contributed by atoms with Crippen LogP contribution in [0.15, 0.2) is 42.6 Å². The maximum atomic E-state index is 5.80. The van der Waals surface area contributed by atoms with E-state index in [4.69, 9.17) is 5.73 Å². The highest BCUT2D eigenvalue weighted by Crippen LogP contribution is 2.17. The van der Waals surface area contributed by atoms with E-state index in [1.807, 2.05) is 19.2 Å². The zero-order valence-corrected chi connectivity index (χ0v) is 11.8. The van der Waals surface area contributed by atoms with Gasteiger partial charge in [-0.05, 0) is 31.5 Å². The van der Waals surface area contributed by atoms with Gasteiger partial charge >= 0.3 is 0 Å². The molecule has 2 aromatic rings. The molecule has 1 aromatic carbocycles. The maximum Gasteiger partial charge on any atom is 0.0569 e. The molecule has 0 fully saturated rings. The first-order chi connectivity index (χ1) is 9.06. The Labute approximate surface area is 115 Å². The van der Waals surface area contributed by atoms with Crippen LogP contribution in [0.3, 0.4) is 0 Å². The molecule has 2 rings (SSSR count). The van der Waals surface area contributed by atoms with E-state index in [0.717, 1.165) is 17.9 Å². The molecule has 19 heavy (non-hydrogen) atoms. The summed E-state index contributed by atoms with van der Waals surface area (Å²) >= 11 is 0. The lowest BCUT2D eigenvalue weighted by molar-refractivity contribution is 0.779. The minimum Gasteiger partial charge on any atom is -0.369 e. The van der Waals surface area contributed by atoms with E-state index in [1.54, 1.807) is 0 Å². The largest absolute Gasteiger partial charge is 0.369 e. The lowest BCUT2D eigenvalue weighted by atomic mass is 10.1. The van der Waals surface area contributed by atoms with Crippen molar-refractivity contribution >= 4 is 5.69 Å². The van der Waals surface area contributed by atoms with Gasteiger partial charge in [-0.2, -0.15) is 0 Å². The number of aryl methyl sites for hydroxylation is 1. The van der Waals surface area contributed by atoms with Crippen LogP contribution in [0.5, 0.6) is 0 Å². The summed E-state index contributed by atoms with van der Waals surface area (Å²) in [5.74, 6) is 0. The van der Waals surface area contributed by atoms with Crippen LogP contribution >= 0.6 is 0 Å². The average Bonchev–Trinajstić information content (AvgIpc) is 2.39. The van der Waals surface area contributed by atoms with Gasteiger partial charge in [-0.3, -0.25) is 4.98 Å². The third-order valence-electron chi connectivity index (χ3n) is 3.18. The maximum absolute atomic E-state index is 5.80. The Morgan fingerprint density at radius 3 is 2.63 bits per heavy atom. The van der Waals surface area contributed by atoms with Gasteiger partial charge in [-0.1, -0.05) is 29.8 Å². The Bertz CT molecular complexity index is 532. The number of pyridine rings is 1. The fraction of sp³-hybridized carbons (Fsp3) is 0.312. The molecule has 0 aliphatic carbocycles. The molecule has 3 nitrogen and oxygen atoms in total. The molecule has 1 heterocycles. The van der Waals surface area contributed by atoms with Crippen molar-refractivity contribution in [3.8, 4) is 0 Å². The molecule has 1 atom stereocenters. The number of nitrogens with two attached hydrogens (primary N) is 1. The van der Waals surface area contributed by atoms with E-state index >= 15 is 0 Å². The highest BCUT2D eigenvalue weighted by atomic mass is 15.1. The van der Waals surface area contributed by atoms with Gasteiger partial charge in [0, 0.05) is 19.6 Å². The Morgan fingerprint density at radius 1 is 1.26 bits per heavy atom. The van der Waals surface area contributed by atoms with E-state index in [2.05, 4.69) is 54.2 Å². The molecule has 2 N–H and O–H groups in total. The van der Waals surface area contributed by atoms with Gasteiger partial charge in [-0.25, -0.2) is 0 Å².